The predicted molar refractivity (Wildman–Crippen MR) is 96.1 cm³/mol. The van der Waals surface area contributed by atoms with Gasteiger partial charge < -0.3 is 5.11 Å². The van der Waals surface area contributed by atoms with Gasteiger partial charge in [-0.2, -0.15) is 4.31 Å². The van der Waals surface area contributed by atoms with E-state index in [1.165, 1.54) is 4.31 Å². The molecule has 4 nitrogen and oxygen atoms in total. The molecule has 0 unspecified atom stereocenters. The molecule has 24 heavy (non-hydrogen) atoms. The Morgan fingerprint density at radius 3 is 2.21 bits per heavy atom. The lowest BCUT2D eigenvalue weighted by Gasteiger charge is -2.27. The molecule has 130 valence electrons. The molecule has 0 amide bonds. The molecule has 2 aromatic carbocycles. The molecule has 0 fully saturated rings. The van der Waals surface area contributed by atoms with Crippen molar-refractivity contribution >= 4 is 10.0 Å². The Morgan fingerprint density at radius 2 is 1.67 bits per heavy atom. The van der Waals surface area contributed by atoms with E-state index in [0.29, 0.717) is 17.7 Å². The highest BCUT2D eigenvalue weighted by atomic mass is 32.2. The standard InChI is InChI=1S/C19H25NO3S/c1-14(2)20(12-17-8-6-5-7-9-17)24(22,23)19-11-18(13-21)15(3)10-16(19)4/h5-11,14,21H,12-13H2,1-4H3. The third-order valence-electron chi connectivity index (χ3n) is 4.15. The van der Waals surface area contributed by atoms with Crippen LogP contribution in [-0.4, -0.2) is 23.9 Å². The number of hydrogen-bond donors (Lipinski definition) is 1. The average Bonchev–Trinajstić information content (AvgIpc) is 2.53. The monoisotopic (exact) mass is 347 g/mol. The fourth-order valence-electron chi connectivity index (χ4n) is 2.76. The third kappa shape index (κ3) is 3.86. The molecule has 0 saturated heterocycles. The first-order valence-electron chi connectivity index (χ1n) is 8.04. The largest absolute Gasteiger partial charge is 0.392 e. The summed E-state index contributed by atoms with van der Waals surface area (Å²) in [6.45, 7) is 7.56. The first-order chi connectivity index (χ1) is 11.3. The summed E-state index contributed by atoms with van der Waals surface area (Å²) in [6.07, 6.45) is 0. The third-order valence-corrected chi connectivity index (χ3v) is 6.31. The van der Waals surface area contributed by atoms with E-state index in [9.17, 15) is 13.5 Å². The summed E-state index contributed by atoms with van der Waals surface area (Å²) < 4.78 is 27.9. The van der Waals surface area contributed by atoms with Crippen molar-refractivity contribution in [2.75, 3.05) is 0 Å². The van der Waals surface area contributed by atoms with E-state index in [1.807, 2.05) is 57.2 Å². The Balaban J connectivity index is 2.49. The van der Waals surface area contributed by atoms with Crippen LogP contribution in [0, 0.1) is 13.8 Å². The second-order valence-corrected chi connectivity index (χ2v) is 8.19. The van der Waals surface area contributed by atoms with Crippen LogP contribution in [-0.2, 0) is 23.2 Å². The van der Waals surface area contributed by atoms with Gasteiger partial charge in [0, 0.05) is 12.6 Å². The Hall–Kier alpha value is -1.69. The van der Waals surface area contributed by atoms with Crippen LogP contribution in [0.5, 0.6) is 0 Å². The number of aliphatic hydroxyl groups is 1. The van der Waals surface area contributed by atoms with E-state index in [2.05, 4.69) is 0 Å². The topological polar surface area (TPSA) is 57.6 Å². The van der Waals surface area contributed by atoms with Gasteiger partial charge >= 0.3 is 0 Å². The molecule has 0 heterocycles. The lowest BCUT2D eigenvalue weighted by Crippen LogP contribution is -2.36. The number of aryl methyl sites for hydroxylation is 2. The summed E-state index contributed by atoms with van der Waals surface area (Å²) in [5, 5.41) is 9.47. The highest BCUT2D eigenvalue weighted by Gasteiger charge is 2.29. The quantitative estimate of drug-likeness (QED) is 0.871. The van der Waals surface area contributed by atoms with E-state index in [-0.39, 0.29) is 17.5 Å². The van der Waals surface area contributed by atoms with Crippen molar-refractivity contribution in [1.29, 1.82) is 0 Å². The highest BCUT2D eigenvalue weighted by molar-refractivity contribution is 7.89. The van der Waals surface area contributed by atoms with Gasteiger partial charge in [-0.25, -0.2) is 8.42 Å². The van der Waals surface area contributed by atoms with Crippen LogP contribution >= 0.6 is 0 Å². The second-order valence-electron chi connectivity index (χ2n) is 6.33. The van der Waals surface area contributed by atoms with Crippen molar-refractivity contribution in [3.63, 3.8) is 0 Å². The molecule has 0 saturated carbocycles. The molecule has 0 aromatic heterocycles. The number of benzene rings is 2. The predicted octanol–water partition coefficient (Wildman–Crippen LogP) is 3.40. The minimum absolute atomic E-state index is 0.172. The van der Waals surface area contributed by atoms with Gasteiger partial charge in [-0.1, -0.05) is 36.4 Å². The van der Waals surface area contributed by atoms with Crippen molar-refractivity contribution in [2.45, 2.75) is 51.8 Å². The summed E-state index contributed by atoms with van der Waals surface area (Å²) in [4.78, 5) is 0.266. The van der Waals surface area contributed by atoms with Crippen LogP contribution in [0.4, 0.5) is 0 Å². The molecule has 5 heteroatoms. The summed E-state index contributed by atoms with van der Waals surface area (Å²) in [5.41, 5.74) is 3.18. The minimum Gasteiger partial charge on any atom is -0.392 e. The number of rotatable bonds is 6. The molecule has 0 radical (unpaired) electrons. The molecule has 0 aliphatic heterocycles. The van der Waals surface area contributed by atoms with Crippen LogP contribution in [0.1, 0.15) is 36.1 Å². The molecule has 0 atom stereocenters. The first kappa shape index (κ1) is 18.6. The van der Waals surface area contributed by atoms with Gasteiger partial charge in [0.05, 0.1) is 11.5 Å². The fraction of sp³-hybridized carbons (Fsp3) is 0.368. The van der Waals surface area contributed by atoms with Gasteiger partial charge in [0.1, 0.15) is 0 Å². The normalized spacial score (nSPS) is 12.1. The Morgan fingerprint density at radius 1 is 1.04 bits per heavy atom. The van der Waals surface area contributed by atoms with Gasteiger partial charge in [0.2, 0.25) is 10.0 Å². The summed E-state index contributed by atoms with van der Waals surface area (Å²) in [5.74, 6) is 0. The smallest absolute Gasteiger partial charge is 0.243 e. The first-order valence-corrected chi connectivity index (χ1v) is 9.48. The van der Waals surface area contributed by atoms with Gasteiger partial charge in [0.15, 0.2) is 0 Å². The van der Waals surface area contributed by atoms with Crippen LogP contribution in [0.15, 0.2) is 47.4 Å². The molecule has 0 spiro atoms. The Bertz CT molecular complexity index is 799. The summed E-state index contributed by atoms with van der Waals surface area (Å²) >= 11 is 0. The maximum Gasteiger partial charge on any atom is 0.243 e. The zero-order chi connectivity index (χ0) is 17.9. The zero-order valence-corrected chi connectivity index (χ0v) is 15.5. The van der Waals surface area contributed by atoms with E-state index >= 15 is 0 Å². The van der Waals surface area contributed by atoms with Crippen molar-refractivity contribution < 1.29 is 13.5 Å². The maximum absolute atomic E-state index is 13.2. The number of nitrogens with zero attached hydrogens (tertiary/aromatic N) is 1. The Labute approximate surface area is 144 Å². The Kier molecular flexibility index (Phi) is 5.80. The van der Waals surface area contributed by atoms with Gasteiger partial charge in [-0.05, 0) is 56.0 Å². The number of hydrogen-bond acceptors (Lipinski definition) is 3. The van der Waals surface area contributed by atoms with Crippen molar-refractivity contribution in [3.8, 4) is 0 Å². The van der Waals surface area contributed by atoms with Gasteiger partial charge in [-0.3, -0.25) is 0 Å². The van der Waals surface area contributed by atoms with Crippen molar-refractivity contribution in [3.05, 3.63) is 64.7 Å². The summed E-state index contributed by atoms with van der Waals surface area (Å²) in [7, 11) is -3.66. The summed E-state index contributed by atoms with van der Waals surface area (Å²) in [6, 6.07) is 12.8. The van der Waals surface area contributed by atoms with Gasteiger partial charge in [-0.15, -0.1) is 0 Å². The van der Waals surface area contributed by atoms with Gasteiger partial charge in [0.25, 0.3) is 0 Å². The molecule has 0 aliphatic rings. The lowest BCUT2D eigenvalue weighted by molar-refractivity contribution is 0.280. The fourth-order valence-corrected chi connectivity index (χ4v) is 4.64. The van der Waals surface area contributed by atoms with Crippen LogP contribution in [0.25, 0.3) is 0 Å². The molecule has 0 aliphatic carbocycles. The van der Waals surface area contributed by atoms with E-state index in [0.717, 1.165) is 11.1 Å². The number of sulfonamides is 1. The zero-order valence-electron chi connectivity index (χ0n) is 14.7. The molecule has 0 bridgehead atoms. The van der Waals surface area contributed by atoms with E-state index in [4.69, 9.17) is 0 Å². The SMILES string of the molecule is Cc1cc(C)c(S(=O)(=O)N(Cc2ccccc2)C(C)C)cc1CO. The molecule has 2 rings (SSSR count). The lowest BCUT2D eigenvalue weighted by atomic mass is 10.1. The number of aliphatic hydroxyl groups excluding tert-OH is 1. The highest BCUT2D eigenvalue weighted by Crippen LogP contribution is 2.26. The molecular formula is C19H25NO3S. The van der Waals surface area contributed by atoms with Crippen LogP contribution < -0.4 is 0 Å². The second kappa shape index (κ2) is 7.47. The molecular weight excluding hydrogens is 322 g/mol. The average molecular weight is 347 g/mol. The molecule has 1 N–H and O–H groups in total. The van der Waals surface area contributed by atoms with Crippen molar-refractivity contribution in [1.82, 2.24) is 4.31 Å². The van der Waals surface area contributed by atoms with Crippen LogP contribution in [0.2, 0.25) is 0 Å². The minimum atomic E-state index is -3.66. The van der Waals surface area contributed by atoms with E-state index in [1.54, 1.807) is 13.0 Å². The molecule has 2 aromatic rings. The van der Waals surface area contributed by atoms with Crippen LogP contribution in [0.3, 0.4) is 0 Å². The maximum atomic E-state index is 13.2. The van der Waals surface area contributed by atoms with E-state index < -0.39 is 10.0 Å². The van der Waals surface area contributed by atoms with Crippen molar-refractivity contribution in [2.24, 2.45) is 0 Å².